The molecule has 2 fully saturated rings. The second-order valence-electron chi connectivity index (χ2n) is 5.60. The Morgan fingerprint density at radius 2 is 2.26 bits per heavy atom. The van der Waals surface area contributed by atoms with Crippen LogP contribution in [0.1, 0.15) is 25.0 Å². The predicted octanol–water partition coefficient (Wildman–Crippen LogP) is 2.32. The van der Waals surface area contributed by atoms with E-state index in [-0.39, 0.29) is 0 Å². The first kappa shape index (κ1) is 11.4. The maximum atomic E-state index is 5.83. The first-order valence-corrected chi connectivity index (χ1v) is 7.19. The lowest BCUT2D eigenvalue weighted by atomic mass is 9.98. The van der Waals surface area contributed by atoms with Gasteiger partial charge in [0.25, 0.3) is 0 Å². The highest BCUT2D eigenvalue weighted by Gasteiger charge is 2.36. The largest absolute Gasteiger partial charge is 0.377 e. The monoisotopic (exact) mass is 257 g/mol. The number of fused-ring (bicyclic) bond motifs is 2. The van der Waals surface area contributed by atoms with Crippen LogP contribution in [0.3, 0.4) is 0 Å². The minimum atomic E-state index is 0.461. The number of piperidine rings is 1. The van der Waals surface area contributed by atoms with Crippen molar-refractivity contribution in [2.24, 2.45) is 0 Å². The molecule has 0 bridgehead atoms. The molecule has 2 saturated heterocycles. The lowest BCUT2D eigenvalue weighted by molar-refractivity contribution is 0.0229. The lowest BCUT2D eigenvalue weighted by Gasteiger charge is -2.36. The van der Waals surface area contributed by atoms with Gasteiger partial charge in [-0.3, -0.25) is 10.00 Å². The van der Waals surface area contributed by atoms with Gasteiger partial charge in [-0.1, -0.05) is 18.2 Å². The minimum absolute atomic E-state index is 0.461. The highest BCUT2D eigenvalue weighted by Crippen LogP contribution is 2.30. The standard InChI is InChI=1S/C15H19N3O/c1-2-5-12-11(4-1)13(17-16-12)10-18-8-3-6-15-14(18)7-9-19-15/h1-2,4-5,14-15H,3,6-10H2,(H,16,17)/t14-,15-/m0/s1. The number of likely N-dealkylation sites (tertiary alicyclic amines) is 1. The van der Waals surface area contributed by atoms with Crippen LogP contribution in [-0.2, 0) is 11.3 Å². The van der Waals surface area contributed by atoms with Crippen LogP contribution in [0, 0.1) is 0 Å². The zero-order valence-electron chi connectivity index (χ0n) is 11.0. The summed E-state index contributed by atoms with van der Waals surface area (Å²) in [5.41, 5.74) is 2.30. The Morgan fingerprint density at radius 1 is 1.32 bits per heavy atom. The van der Waals surface area contributed by atoms with Gasteiger partial charge in [0.15, 0.2) is 0 Å². The fraction of sp³-hybridized carbons (Fsp3) is 0.533. The van der Waals surface area contributed by atoms with Crippen LogP contribution in [0.25, 0.3) is 10.9 Å². The number of hydrogen-bond donors (Lipinski definition) is 1. The lowest BCUT2D eigenvalue weighted by Crippen LogP contribution is -2.45. The van der Waals surface area contributed by atoms with Gasteiger partial charge in [0.05, 0.1) is 17.3 Å². The third kappa shape index (κ3) is 1.95. The molecule has 0 aliphatic carbocycles. The Labute approximate surface area is 112 Å². The SMILES string of the molecule is c1ccc2c(CN3CCC[C@@H]4OCC[C@@H]43)[nH]nc2c1. The van der Waals surface area contributed by atoms with E-state index in [1.54, 1.807) is 0 Å². The van der Waals surface area contributed by atoms with Crippen molar-refractivity contribution in [1.29, 1.82) is 0 Å². The molecule has 4 heteroatoms. The fourth-order valence-electron chi connectivity index (χ4n) is 3.53. The predicted molar refractivity (Wildman–Crippen MR) is 73.9 cm³/mol. The summed E-state index contributed by atoms with van der Waals surface area (Å²) in [5.74, 6) is 0. The quantitative estimate of drug-likeness (QED) is 0.897. The summed E-state index contributed by atoms with van der Waals surface area (Å²) >= 11 is 0. The highest BCUT2D eigenvalue weighted by atomic mass is 16.5. The molecule has 1 aromatic carbocycles. The molecule has 2 aliphatic rings. The van der Waals surface area contributed by atoms with Crippen molar-refractivity contribution in [2.45, 2.75) is 38.0 Å². The van der Waals surface area contributed by atoms with Crippen LogP contribution in [0.5, 0.6) is 0 Å². The van der Waals surface area contributed by atoms with Gasteiger partial charge in [-0.25, -0.2) is 0 Å². The molecule has 0 amide bonds. The number of aromatic nitrogens is 2. The van der Waals surface area contributed by atoms with E-state index >= 15 is 0 Å². The average molecular weight is 257 g/mol. The summed E-state index contributed by atoms with van der Waals surface area (Å²) in [4.78, 5) is 2.57. The second-order valence-corrected chi connectivity index (χ2v) is 5.60. The van der Waals surface area contributed by atoms with Crippen LogP contribution in [0.4, 0.5) is 0 Å². The van der Waals surface area contributed by atoms with E-state index in [1.165, 1.54) is 36.9 Å². The van der Waals surface area contributed by atoms with E-state index in [0.717, 1.165) is 18.7 Å². The molecule has 0 unspecified atom stereocenters. The van der Waals surface area contributed by atoms with Gasteiger partial charge >= 0.3 is 0 Å². The van der Waals surface area contributed by atoms with Crippen LogP contribution >= 0.6 is 0 Å². The summed E-state index contributed by atoms with van der Waals surface area (Å²) in [6, 6.07) is 8.94. The van der Waals surface area contributed by atoms with E-state index in [1.807, 2.05) is 6.07 Å². The van der Waals surface area contributed by atoms with Crippen molar-refractivity contribution >= 4 is 10.9 Å². The first-order valence-electron chi connectivity index (χ1n) is 7.19. The van der Waals surface area contributed by atoms with Crippen LogP contribution in [0.2, 0.25) is 0 Å². The Morgan fingerprint density at radius 3 is 3.26 bits per heavy atom. The van der Waals surface area contributed by atoms with E-state index < -0.39 is 0 Å². The summed E-state index contributed by atoms with van der Waals surface area (Å²) < 4.78 is 5.83. The topological polar surface area (TPSA) is 41.1 Å². The molecule has 3 heterocycles. The third-order valence-electron chi connectivity index (χ3n) is 4.48. The second kappa shape index (κ2) is 4.62. The molecule has 0 spiro atoms. The summed E-state index contributed by atoms with van der Waals surface area (Å²) in [7, 11) is 0. The van der Waals surface area contributed by atoms with Crippen molar-refractivity contribution in [3.63, 3.8) is 0 Å². The zero-order chi connectivity index (χ0) is 12.7. The molecule has 2 aliphatic heterocycles. The highest BCUT2D eigenvalue weighted by molar-refractivity contribution is 5.81. The van der Waals surface area contributed by atoms with Crippen molar-refractivity contribution in [2.75, 3.05) is 13.2 Å². The minimum Gasteiger partial charge on any atom is -0.377 e. The van der Waals surface area contributed by atoms with Crippen molar-refractivity contribution in [1.82, 2.24) is 15.1 Å². The maximum absolute atomic E-state index is 5.83. The molecule has 19 heavy (non-hydrogen) atoms. The molecular weight excluding hydrogens is 238 g/mol. The Kier molecular flexibility index (Phi) is 2.78. The van der Waals surface area contributed by atoms with Crippen molar-refractivity contribution in [3.05, 3.63) is 30.0 Å². The Hall–Kier alpha value is -1.39. The van der Waals surface area contributed by atoms with Crippen LogP contribution in [0.15, 0.2) is 24.3 Å². The normalized spacial score (nSPS) is 27.8. The number of aromatic amines is 1. The van der Waals surface area contributed by atoms with E-state index in [9.17, 15) is 0 Å². The van der Waals surface area contributed by atoms with Gasteiger partial charge in [-0.05, 0) is 31.9 Å². The first-order chi connectivity index (χ1) is 9.42. The van der Waals surface area contributed by atoms with Crippen LogP contribution < -0.4 is 0 Å². The van der Waals surface area contributed by atoms with Gasteiger partial charge in [-0.15, -0.1) is 0 Å². The number of hydrogen-bond acceptors (Lipinski definition) is 3. The Bertz CT molecular complexity index is 580. The van der Waals surface area contributed by atoms with E-state index in [2.05, 4.69) is 33.3 Å². The molecular formula is C15H19N3O. The summed E-state index contributed by atoms with van der Waals surface area (Å²) in [6.07, 6.45) is 4.11. The number of H-pyrrole nitrogens is 1. The number of benzene rings is 1. The molecule has 2 aromatic rings. The Balaban J connectivity index is 1.60. The van der Waals surface area contributed by atoms with Crippen LogP contribution in [-0.4, -0.2) is 40.4 Å². The molecule has 100 valence electrons. The number of ether oxygens (including phenoxy) is 1. The maximum Gasteiger partial charge on any atom is 0.0924 e. The van der Waals surface area contributed by atoms with Gasteiger partial charge in [0.2, 0.25) is 0 Å². The summed E-state index contributed by atoms with van der Waals surface area (Å²) in [5, 5.41) is 8.85. The van der Waals surface area contributed by atoms with Gasteiger partial charge in [0.1, 0.15) is 0 Å². The van der Waals surface area contributed by atoms with E-state index in [4.69, 9.17) is 4.74 Å². The third-order valence-corrected chi connectivity index (χ3v) is 4.48. The van der Waals surface area contributed by atoms with Gasteiger partial charge < -0.3 is 4.74 Å². The van der Waals surface area contributed by atoms with Gasteiger partial charge in [0, 0.05) is 24.6 Å². The molecule has 1 N–H and O–H groups in total. The van der Waals surface area contributed by atoms with Gasteiger partial charge in [-0.2, -0.15) is 5.10 Å². The van der Waals surface area contributed by atoms with E-state index in [0.29, 0.717) is 12.1 Å². The zero-order valence-corrected chi connectivity index (χ0v) is 11.0. The van der Waals surface area contributed by atoms with Crippen molar-refractivity contribution in [3.8, 4) is 0 Å². The molecule has 4 rings (SSSR count). The fourth-order valence-corrected chi connectivity index (χ4v) is 3.53. The molecule has 1 aromatic heterocycles. The summed E-state index contributed by atoms with van der Waals surface area (Å²) in [6.45, 7) is 3.07. The number of nitrogens with one attached hydrogen (secondary N) is 1. The number of nitrogens with zero attached hydrogens (tertiary/aromatic N) is 2. The number of para-hydroxylation sites is 1. The smallest absolute Gasteiger partial charge is 0.0924 e. The molecule has 2 atom stereocenters. The average Bonchev–Trinajstić information content (AvgIpc) is 3.06. The number of rotatable bonds is 2. The molecule has 0 radical (unpaired) electrons. The molecule has 0 saturated carbocycles. The van der Waals surface area contributed by atoms with Crippen molar-refractivity contribution < 1.29 is 4.74 Å². The molecule has 4 nitrogen and oxygen atoms in total.